The Bertz CT molecular complexity index is 873. The van der Waals surface area contributed by atoms with Gasteiger partial charge >= 0.3 is 0 Å². The van der Waals surface area contributed by atoms with Crippen molar-refractivity contribution in [1.29, 1.82) is 0 Å². The van der Waals surface area contributed by atoms with Crippen LogP contribution in [0.3, 0.4) is 0 Å². The molecule has 2 aromatic heterocycles. The lowest BCUT2D eigenvalue weighted by atomic mass is 10.1. The van der Waals surface area contributed by atoms with E-state index >= 15 is 0 Å². The Morgan fingerprint density at radius 3 is 2.62 bits per heavy atom. The Hall–Kier alpha value is -2.28. The largest absolute Gasteiger partial charge is 0.278 e. The molecule has 3 aromatic rings. The molecule has 0 aliphatic rings. The van der Waals surface area contributed by atoms with Crippen LogP contribution in [0.5, 0.6) is 0 Å². The van der Waals surface area contributed by atoms with Gasteiger partial charge in [0.1, 0.15) is 0 Å². The molecular formula is C14H11BrN4O2. The van der Waals surface area contributed by atoms with Crippen LogP contribution in [-0.2, 0) is 0 Å². The third kappa shape index (κ3) is 2.09. The number of non-ortho nitro benzene ring substituents is 1. The molecule has 0 unspecified atom stereocenters. The lowest BCUT2D eigenvalue weighted by Crippen LogP contribution is -2.01. The van der Waals surface area contributed by atoms with E-state index in [0.29, 0.717) is 5.39 Å². The van der Waals surface area contributed by atoms with Crippen molar-refractivity contribution in [3.05, 3.63) is 56.6 Å². The predicted molar refractivity (Wildman–Crippen MR) is 82.7 cm³/mol. The van der Waals surface area contributed by atoms with E-state index in [1.807, 2.05) is 13.8 Å². The fraction of sp³-hybridized carbons (Fsp3) is 0.143. The van der Waals surface area contributed by atoms with Crippen molar-refractivity contribution >= 4 is 32.4 Å². The highest BCUT2D eigenvalue weighted by Crippen LogP contribution is 2.31. The molecule has 106 valence electrons. The summed E-state index contributed by atoms with van der Waals surface area (Å²) in [5, 5.41) is 16.9. The number of pyridine rings is 1. The van der Waals surface area contributed by atoms with Gasteiger partial charge in [0.2, 0.25) is 0 Å². The maximum absolute atomic E-state index is 11.1. The van der Waals surface area contributed by atoms with Crippen molar-refractivity contribution in [3.8, 4) is 5.69 Å². The molecular weight excluding hydrogens is 336 g/mol. The summed E-state index contributed by atoms with van der Waals surface area (Å²) in [6.45, 7) is 3.85. The van der Waals surface area contributed by atoms with Gasteiger partial charge in [-0.2, -0.15) is 5.10 Å². The molecule has 3 rings (SSSR count). The highest BCUT2D eigenvalue weighted by Gasteiger charge is 2.18. The predicted octanol–water partition coefficient (Wildman–Crippen LogP) is 3.71. The maximum Gasteiger partial charge on any atom is 0.278 e. The molecule has 21 heavy (non-hydrogen) atoms. The lowest BCUT2D eigenvalue weighted by molar-refractivity contribution is -0.383. The molecule has 0 atom stereocenters. The Morgan fingerprint density at radius 1 is 1.24 bits per heavy atom. The first-order chi connectivity index (χ1) is 10.0. The Kier molecular flexibility index (Phi) is 3.21. The Morgan fingerprint density at radius 2 is 2.00 bits per heavy atom. The van der Waals surface area contributed by atoms with E-state index in [9.17, 15) is 10.1 Å². The summed E-state index contributed by atoms with van der Waals surface area (Å²) >= 11 is 3.50. The molecule has 0 N–H and O–H groups in total. The van der Waals surface area contributed by atoms with Crippen LogP contribution in [0.4, 0.5) is 5.69 Å². The maximum atomic E-state index is 11.1. The third-order valence-electron chi connectivity index (χ3n) is 3.40. The SMILES string of the molecule is Cc1nn(-c2ccc([N+](=O)[O-])c3cnccc23)c(C)c1Br. The monoisotopic (exact) mass is 346 g/mol. The average Bonchev–Trinajstić information content (AvgIpc) is 2.73. The number of rotatable bonds is 2. The molecule has 0 spiro atoms. The molecule has 0 saturated carbocycles. The van der Waals surface area contributed by atoms with E-state index in [0.717, 1.165) is 26.9 Å². The molecule has 0 amide bonds. The summed E-state index contributed by atoms with van der Waals surface area (Å²) in [4.78, 5) is 14.7. The number of fused-ring (bicyclic) bond motifs is 1. The van der Waals surface area contributed by atoms with E-state index in [4.69, 9.17) is 0 Å². The van der Waals surface area contributed by atoms with E-state index in [1.165, 1.54) is 12.3 Å². The fourth-order valence-corrected chi connectivity index (χ4v) is 2.61. The number of halogens is 1. The first-order valence-electron chi connectivity index (χ1n) is 6.24. The van der Waals surface area contributed by atoms with Crippen molar-refractivity contribution in [3.63, 3.8) is 0 Å². The second kappa shape index (κ2) is 4.92. The minimum atomic E-state index is -0.398. The standard InChI is InChI=1S/C14H11BrN4O2/c1-8-14(15)9(2)18(17-8)12-3-4-13(19(20)21)11-7-16-6-5-10(11)12/h3-7H,1-2H3. The van der Waals surface area contributed by atoms with Gasteiger partial charge in [0, 0.05) is 23.8 Å². The summed E-state index contributed by atoms with van der Waals surface area (Å²) in [6.07, 6.45) is 3.13. The summed E-state index contributed by atoms with van der Waals surface area (Å²) in [7, 11) is 0. The number of hydrogen-bond acceptors (Lipinski definition) is 4. The van der Waals surface area contributed by atoms with Gasteiger partial charge in [-0.1, -0.05) is 0 Å². The van der Waals surface area contributed by atoms with Crippen molar-refractivity contribution in [2.75, 3.05) is 0 Å². The van der Waals surface area contributed by atoms with Crippen molar-refractivity contribution in [2.24, 2.45) is 0 Å². The van der Waals surface area contributed by atoms with Gasteiger partial charge in [-0.15, -0.1) is 0 Å². The second-order valence-corrected chi connectivity index (χ2v) is 5.47. The summed E-state index contributed by atoms with van der Waals surface area (Å²) in [5.41, 5.74) is 2.65. The summed E-state index contributed by atoms with van der Waals surface area (Å²) in [6, 6.07) is 4.97. The molecule has 0 saturated heterocycles. The molecule has 0 bridgehead atoms. The van der Waals surface area contributed by atoms with Crippen LogP contribution in [0.15, 0.2) is 35.1 Å². The quantitative estimate of drug-likeness (QED) is 0.523. The molecule has 7 heteroatoms. The van der Waals surface area contributed by atoms with Gasteiger partial charge in [0.05, 0.1) is 31.9 Å². The van der Waals surface area contributed by atoms with Crippen LogP contribution in [0, 0.1) is 24.0 Å². The van der Waals surface area contributed by atoms with E-state index in [1.54, 1.807) is 23.0 Å². The molecule has 0 aliphatic heterocycles. The first kappa shape index (κ1) is 13.7. The van der Waals surface area contributed by atoms with E-state index < -0.39 is 4.92 Å². The number of nitro groups is 1. The van der Waals surface area contributed by atoms with Crippen molar-refractivity contribution in [2.45, 2.75) is 13.8 Å². The van der Waals surface area contributed by atoms with Gasteiger partial charge in [-0.25, -0.2) is 4.68 Å². The first-order valence-corrected chi connectivity index (χ1v) is 7.03. The smallest absolute Gasteiger partial charge is 0.264 e. The molecule has 0 aliphatic carbocycles. The summed E-state index contributed by atoms with van der Waals surface area (Å²) < 4.78 is 2.72. The normalized spacial score (nSPS) is 11.0. The van der Waals surface area contributed by atoms with Crippen LogP contribution in [-0.4, -0.2) is 19.7 Å². The summed E-state index contributed by atoms with van der Waals surface area (Å²) in [5.74, 6) is 0. The van der Waals surface area contributed by atoms with Crippen LogP contribution in [0.1, 0.15) is 11.4 Å². The zero-order valence-corrected chi connectivity index (χ0v) is 13.0. The van der Waals surface area contributed by atoms with Gasteiger partial charge in [-0.05, 0) is 41.9 Å². The fourth-order valence-electron chi connectivity index (χ4n) is 2.36. The number of nitro benzene ring substituents is 1. The number of nitrogens with zero attached hydrogens (tertiary/aromatic N) is 4. The van der Waals surface area contributed by atoms with Crippen molar-refractivity contribution in [1.82, 2.24) is 14.8 Å². The van der Waals surface area contributed by atoms with Gasteiger partial charge in [0.25, 0.3) is 5.69 Å². The van der Waals surface area contributed by atoms with Gasteiger partial charge in [0.15, 0.2) is 0 Å². The van der Waals surface area contributed by atoms with Crippen LogP contribution in [0.25, 0.3) is 16.5 Å². The number of hydrogen-bond donors (Lipinski definition) is 0. The van der Waals surface area contributed by atoms with Gasteiger partial charge < -0.3 is 0 Å². The minimum absolute atomic E-state index is 0.0439. The zero-order chi connectivity index (χ0) is 15.1. The third-order valence-corrected chi connectivity index (χ3v) is 4.55. The highest BCUT2D eigenvalue weighted by atomic mass is 79.9. The van der Waals surface area contributed by atoms with E-state index in [2.05, 4.69) is 26.0 Å². The Balaban J connectivity index is 2.37. The van der Waals surface area contributed by atoms with Crippen LogP contribution < -0.4 is 0 Å². The topological polar surface area (TPSA) is 73.8 Å². The van der Waals surface area contributed by atoms with Crippen LogP contribution >= 0.6 is 15.9 Å². The molecule has 2 heterocycles. The molecule has 6 nitrogen and oxygen atoms in total. The molecule has 0 fully saturated rings. The minimum Gasteiger partial charge on any atom is -0.264 e. The highest BCUT2D eigenvalue weighted by molar-refractivity contribution is 9.10. The number of benzene rings is 1. The van der Waals surface area contributed by atoms with Crippen molar-refractivity contribution < 1.29 is 4.92 Å². The number of aromatic nitrogens is 3. The second-order valence-electron chi connectivity index (χ2n) is 4.68. The van der Waals surface area contributed by atoms with Crippen LogP contribution in [0.2, 0.25) is 0 Å². The lowest BCUT2D eigenvalue weighted by Gasteiger charge is -2.08. The van der Waals surface area contributed by atoms with Gasteiger partial charge in [-0.3, -0.25) is 15.1 Å². The average molecular weight is 347 g/mol. The molecule has 0 radical (unpaired) electrons. The Labute approximate surface area is 128 Å². The zero-order valence-electron chi connectivity index (χ0n) is 11.4. The molecule has 1 aromatic carbocycles. The van der Waals surface area contributed by atoms with E-state index in [-0.39, 0.29) is 5.69 Å². The number of aryl methyl sites for hydroxylation is 1.